The van der Waals surface area contributed by atoms with E-state index in [0.717, 1.165) is 17.8 Å². The third-order valence-electron chi connectivity index (χ3n) is 3.01. The van der Waals surface area contributed by atoms with Crippen molar-refractivity contribution in [3.05, 3.63) is 40.5 Å². The van der Waals surface area contributed by atoms with E-state index in [1.165, 1.54) is 17.6 Å². The Balaban J connectivity index is 2.11. The third kappa shape index (κ3) is 4.16. The fourth-order valence-corrected chi connectivity index (χ4v) is 4.59. The minimum absolute atomic E-state index is 0.342. The molecule has 2 aromatic rings. The van der Waals surface area contributed by atoms with E-state index in [9.17, 15) is 8.42 Å². The number of hydrogen-bond donors (Lipinski definition) is 2. The maximum absolute atomic E-state index is 12.5. The summed E-state index contributed by atoms with van der Waals surface area (Å²) in [5, 5.41) is 5.03. The number of thiophene rings is 1. The molecule has 7 heteroatoms. The Labute approximate surface area is 129 Å². The van der Waals surface area contributed by atoms with Crippen molar-refractivity contribution in [2.45, 2.75) is 37.8 Å². The second-order valence-electron chi connectivity index (χ2n) is 4.74. The fourth-order valence-electron chi connectivity index (χ4n) is 1.97. The van der Waals surface area contributed by atoms with Gasteiger partial charge in [-0.15, -0.1) is 11.3 Å². The standard InChI is InChI=1S/C14H20N2O3S2/c1-3-7-15-10-13-14(6-9-20-13)21(17,18)16-11(2)12-5-4-8-19-12/h4-6,8-9,11,15-16H,3,7,10H2,1-2H3. The van der Waals surface area contributed by atoms with Crippen LogP contribution in [0.3, 0.4) is 0 Å². The molecule has 0 amide bonds. The van der Waals surface area contributed by atoms with E-state index in [-0.39, 0.29) is 0 Å². The molecule has 0 spiro atoms. The molecule has 0 bridgehead atoms. The van der Waals surface area contributed by atoms with Crippen LogP contribution >= 0.6 is 11.3 Å². The average Bonchev–Trinajstić information content (AvgIpc) is 3.10. The second kappa shape index (κ2) is 7.22. The monoisotopic (exact) mass is 328 g/mol. The predicted octanol–water partition coefficient (Wildman–Crippen LogP) is 2.88. The molecule has 0 fully saturated rings. The van der Waals surface area contributed by atoms with Gasteiger partial charge in [-0.05, 0) is 43.5 Å². The van der Waals surface area contributed by atoms with Gasteiger partial charge >= 0.3 is 0 Å². The van der Waals surface area contributed by atoms with Crippen molar-refractivity contribution >= 4 is 21.4 Å². The molecule has 2 N–H and O–H groups in total. The Hall–Kier alpha value is -1.15. The van der Waals surface area contributed by atoms with Crippen LogP contribution in [0.15, 0.2) is 39.2 Å². The SMILES string of the molecule is CCCNCc1sccc1S(=O)(=O)NC(C)c1ccco1. The van der Waals surface area contributed by atoms with Crippen LogP contribution in [0.5, 0.6) is 0 Å². The van der Waals surface area contributed by atoms with E-state index < -0.39 is 16.1 Å². The van der Waals surface area contributed by atoms with Gasteiger partial charge in [0.25, 0.3) is 0 Å². The second-order valence-corrected chi connectivity index (χ2v) is 7.43. The lowest BCUT2D eigenvalue weighted by atomic mass is 10.3. The minimum Gasteiger partial charge on any atom is -0.468 e. The summed E-state index contributed by atoms with van der Waals surface area (Å²) in [6.45, 7) is 5.27. The Morgan fingerprint density at radius 3 is 2.86 bits per heavy atom. The van der Waals surface area contributed by atoms with Crippen LogP contribution in [-0.4, -0.2) is 15.0 Å². The molecule has 0 saturated heterocycles. The highest BCUT2D eigenvalue weighted by Gasteiger charge is 2.23. The lowest BCUT2D eigenvalue weighted by molar-refractivity contribution is 0.459. The summed E-state index contributed by atoms with van der Waals surface area (Å²) in [6.07, 6.45) is 2.55. The van der Waals surface area contributed by atoms with Crippen molar-refractivity contribution < 1.29 is 12.8 Å². The van der Waals surface area contributed by atoms with Crippen LogP contribution in [0.2, 0.25) is 0 Å². The zero-order chi connectivity index (χ0) is 15.3. The highest BCUT2D eigenvalue weighted by Crippen LogP contribution is 2.24. The largest absolute Gasteiger partial charge is 0.468 e. The van der Waals surface area contributed by atoms with Gasteiger partial charge in [-0.3, -0.25) is 0 Å². The molecule has 0 saturated carbocycles. The summed E-state index contributed by atoms with van der Waals surface area (Å²) in [6, 6.07) is 4.74. The maximum Gasteiger partial charge on any atom is 0.242 e. The van der Waals surface area contributed by atoms with Crippen molar-refractivity contribution in [2.24, 2.45) is 0 Å². The van der Waals surface area contributed by atoms with Crippen LogP contribution in [0.4, 0.5) is 0 Å². The predicted molar refractivity (Wildman–Crippen MR) is 83.8 cm³/mol. The van der Waals surface area contributed by atoms with Gasteiger partial charge in [0.2, 0.25) is 10.0 Å². The van der Waals surface area contributed by atoms with Crippen LogP contribution in [0, 0.1) is 0 Å². The van der Waals surface area contributed by atoms with E-state index in [1.54, 1.807) is 30.5 Å². The Morgan fingerprint density at radius 1 is 1.38 bits per heavy atom. The fraction of sp³-hybridized carbons (Fsp3) is 0.429. The van der Waals surface area contributed by atoms with E-state index in [2.05, 4.69) is 17.0 Å². The topological polar surface area (TPSA) is 71.3 Å². The number of sulfonamides is 1. The summed E-state index contributed by atoms with van der Waals surface area (Å²) >= 11 is 1.45. The molecule has 116 valence electrons. The van der Waals surface area contributed by atoms with Crippen molar-refractivity contribution in [1.29, 1.82) is 0 Å². The van der Waals surface area contributed by atoms with E-state index in [0.29, 0.717) is 17.2 Å². The Kier molecular flexibility index (Phi) is 5.58. The van der Waals surface area contributed by atoms with Crippen molar-refractivity contribution in [3.63, 3.8) is 0 Å². The molecule has 0 aliphatic heterocycles. The molecule has 0 radical (unpaired) electrons. The molecule has 1 unspecified atom stereocenters. The summed E-state index contributed by atoms with van der Waals surface area (Å²) in [4.78, 5) is 1.16. The zero-order valence-corrected chi connectivity index (χ0v) is 13.8. The third-order valence-corrected chi connectivity index (χ3v) is 5.68. The molecular formula is C14H20N2O3S2. The van der Waals surface area contributed by atoms with Crippen LogP contribution in [0.25, 0.3) is 0 Å². The van der Waals surface area contributed by atoms with Crippen LogP contribution < -0.4 is 10.0 Å². The van der Waals surface area contributed by atoms with Crippen molar-refractivity contribution in [2.75, 3.05) is 6.54 Å². The van der Waals surface area contributed by atoms with E-state index >= 15 is 0 Å². The quantitative estimate of drug-likeness (QED) is 0.731. The van der Waals surface area contributed by atoms with E-state index in [4.69, 9.17) is 4.42 Å². The first-order valence-corrected chi connectivity index (χ1v) is 9.23. The maximum atomic E-state index is 12.5. The first kappa shape index (κ1) is 16.2. The van der Waals surface area contributed by atoms with Gasteiger partial charge in [0.05, 0.1) is 17.2 Å². The van der Waals surface area contributed by atoms with Gasteiger partial charge in [-0.2, -0.15) is 0 Å². The lowest BCUT2D eigenvalue weighted by Crippen LogP contribution is -2.27. The molecule has 2 rings (SSSR count). The van der Waals surface area contributed by atoms with E-state index in [1.807, 2.05) is 0 Å². The van der Waals surface area contributed by atoms with Crippen molar-refractivity contribution in [3.8, 4) is 0 Å². The van der Waals surface area contributed by atoms with Gasteiger partial charge in [-0.25, -0.2) is 13.1 Å². The van der Waals surface area contributed by atoms with Gasteiger partial charge < -0.3 is 9.73 Å². The minimum atomic E-state index is -3.55. The normalized spacial score (nSPS) is 13.4. The molecule has 0 aliphatic carbocycles. The average molecular weight is 328 g/mol. The highest BCUT2D eigenvalue weighted by molar-refractivity contribution is 7.89. The summed E-state index contributed by atoms with van der Waals surface area (Å²) < 4.78 is 32.8. The summed E-state index contributed by atoms with van der Waals surface area (Å²) in [7, 11) is -3.55. The first-order chi connectivity index (χ1) is 10.0. The number of nitrogens with one attached hydrogen (secondary N) is 2. The first-order valence-electron chi connectivity index (χ1n) is 6.87. The molecule has 0 aliphatic rings. The van der Waals surface area contributed by atoms with Gasteiger partial charge in [0, 0.05) is 11.4 Å². The lowest BCUT2D eigenvalue weighted by Gasteiger charge is -2.12. The van der Waals surface area contributed by atoms with Gasteiger partial charge in [-0.1, -0.05) is 6.92 Å². The van der Waals surface area contributed by atoms with Crippen LogP contribution in [0.1, 0.15) is 36.9 Å². The number of hydrogen-bond acceptors (Lipinski definition) is 5. The summed E-state index contributed by atoms with van der Waals surface area (Å²) in [5.74, 6) is 0.597. The Bertz CT molecular complexity index is 648. The number of rotatable bonds is 8. The number of furan rings is 1. The van der Waals surface area contributed by atoms with Crippen molar-refractivity contribution in [1.82, 2.24) is 10.0 Å². The Morgan fingerprint density at radius 2 is 2.19 bits per heavy atom. The molecule has 1 atom stereocenters. The summed E-state index contributed by atoms with van der Waals surface area (Å²) in [5.41, 5.74) is 0. The highest BCUT2D eigenvalue weighted by atomic mass is 32.2. The van der Waals surface area contributed by atoms with Gasteiger partial charge in [0.15, 0.2) is 0 Å². The molecule has 0 aromatic carbocycles. The van der Waals surface area contributed by atoms with Gasteiger partial charge in [0.1, 0.15) is 5.76 Å². The smallest absolute Gasteiger partial charge is 0.242 e. The molecule has 21 heavy (non-hydrogen) atoms. The molecule has 2 heterocycles. The molecule has 5 nitrogen and oxygen atoms in total. The van der Waals surface area contributed by atoms with Crippen LogP contribution in [-0.2, 0) is 16.6 Å². The molecular weight excluding hydrogens is 308 g/mol. The zero-order valence-electron chi connectivity index (χ0n) is 12.1. The molecule has 2 aromatic heterocycles.